The average Bonchev–Trinajstić information content (AvgIpc) is 2.58. The highest BCUT2D eigenvalue weighted by Crippen LogP contribution is 2.30. The maximum absolute atomic E-state index is 11.7. The zero-order valence-electron chi connectivity index (χ0n) is 10.2. The van der Waals surface area contributed by atoms with Crippen LogP contribution in [0.15, 0.2) is 46.9 Å². The van der Waals surface area contributed by atoms with Crippen molar-refractivity contribution in [2.75, 3.05) is 7.05 Å². The topological polar surface area (TPSA) is 37.4 Å². The summed E-state index contributed by atoms with van der Waals surface area (Å²) in [7, 11) is 1.49. The minimum absolute atomic E-state index is 0.223. The first kappa shape index (κ1) is 12.6. The van der Waals surface area contributed by atoms with Crippen molar-refractivity contribution >= 4 is 29.0 Å². The van der Waals surface area contributed by atoms with Gasteiger partial charge >= 0.3 is 0 Å². The van der Waals surface area contributed by atoms with Crippen LogP contribution in [0.1, 0.15) is 12.5 Å². The maximum atomic E-state index is 11.7. The predicted octanol–water partition coefficient (Wildman–Crippen LogP) is 3.30. The Morgan fingerprint density at radius 2 is 1.89 bits per heavy atom. The minimum Gasteiger partial charge on any atom is -0.272 e. The molecule has 2 rings (SSSR count). The highest BCUT2D eigenvalue weighted by atomic mass is 32.2. The summed E-state index contributed by atoms with van der Waals surface area (Å²) in [4.78, 5) is 24.6. The number of thioether (sulfide) groups is 1. The number of allylic oxidation sites excluding steroid dienone is 2. The molecule has 3 nitrogen and oxygen atoms in total. The van der Waals surface area contributed by atoms with Crippen LogP contribution in [0.3, 0.4) is 0 Å². The number of hydrogen-bond donors (Lipinski definition) is 0. The number of likely N-dealkylation sites (N-methyl/N-ethyl adjacent to an activating group) is 1. The van der Waals surface area contributed by atoms with E-state index >= 15 is 0 Å². The van der Waals surface area contributed by atoms with Crippen LogP contribution in [0.25, 0.3) is 6.08 Å². The Hall–Kier alpha value is -1.81. The number of benzene rings is 1. The lowest BCUT2D eigenvalue weighted by atomic mass is 10.1. The van der Waals surface area contributed by atoms with Crippen LogP contribution in [0.5, 0.6) is 0 Å². The highest BCUT2D eigenvalue weighted by Gasteiger charge is 2.31. The van der Waals surface area contributed by atoms with Gasteiger partial charge in [0.25, 0.3) is 11.1 Å². The fourth-order valence-corrected chi connectivity index (χ4v) is 2.48. The first-order chi connectivity index (χ1) is 8.58. The molecular formula is C14H13NO2S. The first-order valence-electron chi connectivity index (χ1n) is 5.53. The third-order valence-electron chi connectivity index (χ3n) is 2.54. The summed E-state index contributed by atoms with van der Waals surface area (Å²) in [6, 6.07) is 9.85. The number of nitrogens with zero attached hydrogens (tertiary/aromatic N) is 1. The third kappa shape index (κ3) is 2.71. The number of carbonyl (C=O) groups excluding carboxylic acids is 2. The Balaban J connectivity index is 2.22. The SMILES string of the molecule is CC(=Cc1ccccc1)C=C1SC(=O)N(C)C1=O. The molecule has 2 amide bonds. The number of imide groups is 1. The average molecular weight is 259 g/mol. The van der Waals surface area contributed by atoms with E-state index in [9.17, 15) is 9.59 Å². The van der Waals surface area contributed by atoms with Crippen molar-refractivity contribution in [3.8, 4) is 0 Å². The molecule has 1 aromatic rings. The van der Waals surface area contributed by atoms with E-state index in [1.807, 2.05) is 43.3 Å². The quantitative estimate of drug-likeness (QED) is 0.765. The molecule has 1 heterocycles. The van der Waals surface area contributed by atoms with Crippen LogP contribution in [-0.2, 0) is 4.79 Å². The molecule has 92 valence electrons. The normalized spacial score (nSPS) is 18.9. The lowest BCUT2D eigenvalue weighted by Crippen LogP contribution is -2.22. The molecule has 0 radical (unpaired) electrons. The van der Waals surface area contributed by atoms with E-state index in [1.165, 1.54) is 7.05 Å². The number of carbonyl (C=O) groups is 2. The molecule has 18 heavy (non-hydrogen) atoms. The van der Waals surface area contributed by atoms with Crippen molar-refractivity contribution in [3.63, 3.8) is 0 Å². The molecule has 0 aromatic heterocycles. The Bertz CT molecular complexity index is 546. The summed E-state index contributed by atoms with van der Waals surface area (Å²) in [5, 5.41) is -0.223. The van der Waals surface area contributed by atoms with E-state index in [0.29, 0.717) is 4.91 Å². The van der Waals surface area contributed by atoms with Gasteiger partial charge in [0.2, 0.25) is 0 Å². The molecular weight excluding hydrogens is 246 g/mol. The Morgan fingerprint density at radius 3 is 2.44 bits per heavy atom. The van der Waals surface area contributed by atoms with Gasteiger partial charge in [-0.2, -0.15) is 0 Å². The van der Waals surface area contributed by atoms with Gasteiger partial charge < -0.3 is 0 Å². The molecule has 0 N–H and O–H groups in total. The van der Waals surface area contributed by atoms with E-state index in [1.54, 1.807) is 6.08 Å². The predicted molar refractivity (Wildman–Crippen MR) is 73.9 cm³/mol. The molecule has 0 unspecified atom stereocenters. The molecule has 0 saturated carbocycles. The summed E-state index contributed by atoms with van der Waals surface area (Å²) in [6.45, 7) is 1.91. The maximum Gasteiger partial charge on any atom is 0.293 e. The van der Waals surface area contributed by atoms with Crippen LogP contribution >= 0.6 is 11.8 Å². The van der Waals surface area contributed by atoms with Crippen LogP contribution in [0.2, 0.25) is 0 Å². The van der Waals surface area contributed by atoms with Gasteiger partial charge in [-0.3, -0.25) is 14.5 Å². The van der Waals surface area contributed by atoms with Crippen LogP contribution in [0.4, 0.5) is 4.79 Å². The van der Waals surface area contributed by atoms with E-state index in [2.05, 4.69) is 0 Å². The standard InChI is InChI=1S/C14H13NO2S/c1-10(8-11-6-4-3-5-7-11)9-12-13(16)15(2)14(17)18-12/h3-9H,1-2H3. The largest absolute Gasteiger partial charge is 0.293 e. The molecule has 0 aliphatic carbocycles. The van der Waals surface area contributed by atoms with Gasteiger partial charge in [0.05, 0.1) is 4.91 Å². The van der Waals surface area contributed by atoms with E-state index in [4.69, 9.17) is 0 Å². The molecule has 4 heteroatoms. The summed E-state index contributed by atoms with van der Waals surface area (Å²) in [5.74, 6) is -0.231. The van der Waals surface area contributed by atoms with E-state index in [0.717, 1.165) is 27.8 Å². The van der Waals surface area contributed by atoms with Gasteiger partial charge in [-0.15, -0.1) is 0 Å². The summed E-state index contributed by atoms with van der Waals surface area (Å²) in [5.41, 5.74) is 2.02. The number of rotatable bonds is 2. The van der Waals surface area contributed by atoms with Crippen molar-refractivity contribution in [3.05, 3.63) is 52.4 Å². The van der Waals surface area contributed by atoms with Gasteiger partial charge in [0.1, 0.15) is 0 Å². The number of hydrogen-bond acceptors (Lipinski definition) is 3. The summed E-state index contributed by atoms with van der Waals surface area (Å²) in [6.07, 6.45) is 3.73. The molecule has 0 spiro atoms. The lowest BCUT2D eigenvalue weighted by molar-refractivity contribution is -0.121. The van der Waals surface area contributed by atoms with Crippen LogP contribution < -0.4 is 0 Å². The fourth-order valence-electron chi connectivity index (χ4n) is 1.61. The summed E-state index contributed by atoms with van der Waals surface area (Å²) >= 11 is 0.978. The summed E-state index contributed by atoms with van der Waals surface area (Å²) < 4.78 is 0. The second-order valence-corrected chi connectivity index (χ2v) is 5.03. The van der Waals surface area contributed by atoms with E-state index < -0.39 is 0 Å². The Labute approximate surface area is 110 Å². The van der Waals surface area contributed by atoms with Crippen molar-refractivity contribution in [1.29, 1.82) is 0 Å². The molecule has 1 fully saturated rings. The number of amides is 2. The highest BCUT2D eigenvalue weighted by molar-refractivity contribution is 8.18. The van der Waals surface area contributed by atoms with Crippen molar-refractivity contribution < 1.29 is 9.59 Å². The molecule has 1 saturated heterocycles. The molecule has 0 bridgehead atoms. The third-order valence-corrected chi connectivity index (χ3v) is 3.50. The second kappa shape index (κ2) is 5.23. The van der Waals surface area contributed by atoms with Crippen LogP contribution in [-0.4, -0.2) is 23.1 Å². The zero-order chi connectivity index (χ0) is 13.1. The smallest absolute Gasteiger partial charge is 0.272 e. The van der Waals surface area contributed by atoms with Gasteiger partial charge in [-0.1, -0.05) is 36.4 Å². The van der Waals surface area contributed by atoms with Crippen molar-refractivity contribution in [2.24, 2.45) is 0 Å². The van der Waals surface area contributed by atoms with E-state index in [-0.39, 0.29) is 11.1 Å². The van der Waals surface area contributed by atoms with Gasteiger partial charge in [0, 0.05) is 7.05 Å². The Morgan fingerprint density at radius 1 is 1.22 bits per heavy atom. The Kier molecular flexibility index (Phi) is 3.67. The molecule has 0 atom stereocenters. The molecule has 1 aliphatic rings. The molecule has 1 aliphatic heterocycles. The monoisotopic (exact) mass is 259 g/mol. The van der Waals surface area contributed by atoms with Crippen molar-refractivity contribution in [2.45, 2.75) is 6.92 Å². The minimum atomic E-state index is -0.231. The first-order valence-corrected chi connectivity index (χ1v) is 6.34. The van der Waals surface area contributed by atoms with Gasteiger partial charge in [-0.05, 0) is 35.9 Å². The second-order valence-electron chi connectivity index (χ2n) is 4.04. The van der Waals surface area contributed by atoms with Gasteiger partial charge in [0.15, 0.2) is 0 Å². The van der Waals surface area contributed by atoms with Crippen LogP contribution in [0, 0.1) is 0 Å². The lowest BCUT2D eigenvalue weighted by Gasteiger charge is -2.01. The zero-order valence-corrected chi connectivity index (χ0v) is 11.0. The van der Waals surface area contributed by atoms with Gasteiger partial charge in [-0.25, -0.2) is 0 Å². The molecule has 1 aromatic carbocycles. The van der Waals surface area contributed by atoms with Crippen molar-refractivity contribution in [1.82, 2.24) is 4.90 Å². The fraction of sp³-hybridized carbons (Fsp3) is 0.143.